The van der Waals surface area contributed by atoms with Gasteiger partial charge in [-0.25, -0.2) is 13.3 Å². The molecule has 2 fully saturated rings. The number of esters is 1. The summed E-state index contributed by atoms with van der Waals surface area (Å²) in [5.74, 6) is 0.125. The predicted molar refractivity (Wildman–Crippen MR) is 110 cm³/mol. The SMILES string of the molecule is COC(=O)C1=CC=CCC1S(=O)N1CCCC(C(=O)NCC2CCCCC2)C1. The molecule has 0 aromatic carbocycles. The Kier molecular flexibility index (Phi) is 7.85. The first-order valence-corrected chi connectivity index (χ1v) is 11.7. The number of hydrogen-bond acceptors (Lipinski definition) is 4. The first kappa shape index (κ1) is 21.2. The number of nitrogens with zero attached hydrogens (tertiary/aromatic N) is 1. The van der Waals surface area contributed by atoms with Gasteiger partial charge in [0, 0.05) is 19.6 Å². The van der Waals surface area contributed by atoms with Crippen molar-refractivity contribution in [2.75, 3.05) is 26.7 Å². The molecule has 28 heavy (non-hydrogen) atoms. The lowest BCUT2D eigenvalue weighted by Gasteiger charge is -2.34. The molecular formula is C21H32N2O4S. The molecule has 3 unspecified atom stereocenters. The largest absolute Gasteiger partial charge is 0.466 e. The van der Waals surface area contributed by atoms with Crippen molar-refractivity contribution < 1.29 is 18.5 Å². The molecule has 0 aromatic rings. The zero-order valence-electron chi connectivity index (χ0n) is 16.7. The van der Waals surface area contributed by atoms with Gasteiger partial charge < -0.3 is 10.1 Å². The van der Waals surface area contributed by atoms with Crippen LogP contribution >= 0.6 is 0 Å². The van der Waals surface area contributed by atoms with Crippen LogP contribution in [-0.2, 0) is 25.3 Å². The number of carbonyl (C=O) groups is 2. The summed E-state index contributed by atoms with van der Waals surface area (Å²) in [5, 5.41) is 2.73. The lowest BCUT2D eigenvalue weighted by molar-refractivity contribution is -0.136. The van der Waals surface area contributed by atoms with Crippen molar-refractivity contribution >= 4 is 22.9 Å². The molecule has 1 N–H and O–H groups in total. The summed E-state index contributed by atoms with van der Waals surface area (Å²) < 4.78 is 19.9. The van der Waals surface area contributed by atoms with E-state index < -0.39 is 22.2 Å². The summed E-state index contributed by atoms with van der Waals surface area (Å²) in [6.07, 6.45) is 13.9. The van der Waals surface area contributed by atoms with E-state index in [4.69, 9.17) is 4.74 Å². The van der Waals surface area contributed by atoms with Crippen molar-refractivity contribution in [3.05, 3.63) is 23.8 Å². The normalized spacial score (nSPS) is 27.7. The van der Waals surface area contributed by atoms with E-state index in [1.54, 1.807) is 12.2 Å². The standard InChI is InChI=1S/C21H32N2O4S/c1-27-21(25)18-11-5-6-12-19(18)28(26)23-13-7-10-17(15-23)20(24)22-14-16-8-3-2-4-9-16/h5-6,11,16-17,19H,2-4,7-10,12-15H2,1H3,(H,22,24). The minimum atomic E-state index is -1.36. The smallest absolute Gasteiger partial charge is 0.335 e. The molecule has 3 rings (SSSR count). The first-order chi connectivity index (χ1) is 13.6. The van der Waals surface area contributed by atoms with E-state index in [0.717, 1.165) is 19.4 Å². The summed E-state index contributed by atoms with van der Waals surface area (Å²) in [5.41, 5.74) is 0.451. The number of methoxy groups -OCH3 is 1. The third kappa shape index (κ3) is 5.32. The van der Waals surface area contributed by atoms with E-state index in [0.29, 0.717) is 31.0 Å². The Balaban J connectivity index is 1.55. The van der Waals surface area contributed by atoms with Gasteiger partial charge in [0.15, 0.2) is 0 Å². The Morgan fingerprint density at radius 1 is 1.21 bits per heavy atom. The van der Waals surface area contributed by atoms with Gasteiger partial charge in [-0.1, -0.05) is 37.5 Å². The van der Waals surface area contributed by atoms with Crippen molar-refractivity contribution in [3.8, 4) is 0 Å². The molecule has 1 saturated heterocycles. The van der Waals surface area contributed by atoms with Crippen molar-refractivity contribution in [2.45, 2.75) is 56.6 Å². The van der Waals surface area contributed by atoms with Gasteiger partial charge in [-0.2, -0.15) is 0 Å². The van der Waals surface area contributed by atoms with Crippen molar-refractivity contribution in [1.82, 2.24) is 9.62 Å². The zero-order chi connectivity index (χ0) is 19.9. The second-order valence-electron chi connectivity index (χ2n) is 8.02. The van der Waals surface area contributed by atoms with Crippen molar-refractivity contribution in [1.29, 1.82) is 0 Å². The average molecular weight is 409 g/mol. The van der Waals surface area contributed by atoms with Crippen LogP contribution in [0.15, 0.2) is 23.8 Å². The fourth-order valence-corrected chi connectivity index (χ4v) is 6.06. The highest BCUT2D eigenvalue weighted by molar-refractivity contribution is 7.83. The Morgan fingerprint density at radius 3 is 2.75 bits per heavy atom. The second kappa shape index (κ2) is 10.3. The van der Waals surface area contributed by atoms with Crippen LogP contribution < -0.4 is 5.32 Å². The van der Waals surface area contributed by atoms with Gasteiger partial charge in [-0.05, 0) is 38.0 Å². The third-order valence-electron chi connectivity index (χ3n) is 6.07. The van der Waals surface area contributed by atoms with E-state index in [1.165, 1.54) is 39.2 Å². The quantitative estimate of drug-likeness (QED) is 0.685. The molecule has 1 heterocycles. The summed E-state index contributed by atoms with van der Waals surface area (Å²) in [6.45, 7) is 1.94. The predicted octanol–water partition coefficient (Wildman–Crippen LogP) is 2.49. The Bertz CT molecular complexity index is 655. The summed E-state index contributed by atoms with van der Waals surface area (Å²) in [7, 11) is -0.0153. The highest BCUT2D eigenvalue weighted by atomic mass is 32.2. The molecular weight excluding hydrogens is 376 g/mol. The van der Waals surface area contributed by atoms with Crippen molar-refractivity contribution in [2.24, 2.45) is 11.8 Å². The average Bonchev–Trinajstić information content (AvgIpc) is 2.77. The summed E-state index contributed by atoms with van der Waals surface area (Å²) in [4.78, 5) is 24.7. The first-order valence-electron chi connectivity index (χ1n) is 10.5. The fraction of sp³-hybridized carbons (Fsp3) is 0.714. The molecule has 0 bridgehead atoms. The van der Waals surface area contributed by atoms with Gasteiger partial charge in [0.1, 0.15) is 11.0 Å². The molecule has 0 aromatic heterocycles. The van der Waals surface area contributed by atoms with Crippen LogP contribution in [0.5, 0.6) is 0 Å². The van der Waals surface area contributed by atoms with Gasteiger partial charge in [0.05, 0.1) is 23.9 Å². The Hall–Kier alpha value is -1.47. The van der Waals surface area contributed by atoms with Gasteiger partial charge in [0.2, 0.25) is 5.91 Å². The molecule has 3 atom stereocenters. The van der Waals surface area contributed by atoms with Crippen LogP contribution in [0.25, 0.3) is 0 Å². The van der Waals surface area contributed by atoms with E-state index >= 15 is 0 Å². The van der Waals surface area contributed by atoms with Gasteiger partial charge in [-0.15, -0.1) is 0 Å². The molecule has 7 heteroatoms. The van der Waals surface area contributed by atoms with Gasteiger partial charge >= 0.3 is 5.97 Å². The maximum atomic E-state index is 13.2. The highest BCUT2D eigenvalue weighted by Gasteiger charge is 2.35. The number of amides is 1. The van der Waals surface area contributed by atoms with Crippen LogP contribution in [-0.4, -0.2) is 52.4 Å². The Morgan fingerprint density at radius 2 is 2.00 bits per heavy atom. The van der Waals surface area contributed by atoms with Crippen LogP contribution in [0.3, 0.4) is 0 Å². The molecule has 1 aliphatic heterocycles. The van der Waals surface area contributed by atoms with E-state index in [9.17, 15) is 13.8 Å². The number of hydrogen-bond donors (Lipinski definition) is 1. The maximum absolute atomic E-state index is 13.2. The number of allylic oxidation sites excluding steroid dienone is 3. The number of rotatable bonds is 6. The van der Waals surface area contributed by atoms with Crippen LogP contribution in [0.1, 0.15) is 51.4 Å². The minimum Gasteiger partial charge on any atom is -0.466 e. The molecule has 0 radical (unpaired) electrons. The molecule has 156 valence electrons. The van der Waals surface area contributed by atoms with Crippen LogP contribution in [0.2, 0.25) is 0 Å². The topological polar surface area (TPSA) is 75.7 Å². The maximum Gasteiger partial charge on any atom is 0.335 e. The van der Waals surface area contributed by atoms with E-state index in [2.05, 4.69) is 5.32 Å². The van der Waals surface area contributed by atoms with Crippen LogP contribution in [0.4, 0.5) is 0 Å². The molecule has 6 nitrogen and oxygen atoms in total. The number of piperidine rings is 1. The van der Waals surface area contributed by atoms with E-state index in [1.807, 2.05) is 10.4 Å². The van der Waals surface area contributed by atoms with Gasteiger partial charge in [-0.3, -0.25) is 4.79 Å². The fourth-order valence-electron chi connectivity index (χ4n) is 4.40. The van der Waals surface area contributed by atoms with Crippen molar-refractivity contribution in [3.63, 3.8) is 0 Å². The second-order valence-corrected chi connectivity index (χ2v) is 9.66. The Labute approximate surface area is 170 Å². The van der Waals surface area contributed by atoms with Gasteiger partial charge in [0.25, 0.3) is 0 Å². The lowest BCUT2D eigenvalue weighted by atomic mass is 9.89. The molecule has 1 amide bonds. The number of nitrogens with one attached hydrogen (secondary N) is 1. The third-order valence-corrected chi connectivity index (χ3v) is 7.85. The number of ether oxygens (including phenoxy) is 1. The lowest BCUT2D eigenvalue weighted by Crippen LogP contribution is -2.47. The van der Waals surface area contributed by atoms with Crippen LogP contribution in [0, 0.1) is 11.8 Å². The molecule has 0 spiro atoms. The molecule has 1 saturated carbocycles. The monoisotopic (exact) mass is 408 g/mol. The summed E-state index contributed by atoms with van der Waals surface area (Å²) in [6, 6.07) is 0. The van der Waals surface area contributed by atoms with E-state index in [-0.39, 0.29) is 11.8 Å². The highest BCUT2D eigenvalue weighted by Crippen LogP contribution is 2.27. The molecule has 3 aliphatic rings. The zero-order valence-corrected chi connectivity index (χ0v) is 17.5. The minimum absolute atomic E-state index is 0.0829. The molecule has 2 aliphatic carbocycles. The summed E-state index contributed by atoms with van der Waals surface area (Å²) >= 11 is 0. The number of carbonyl (C=O) groups excluding carboxylic acids is 2.